The maximum absolute atomic E-state index is 14.3. The van der Waals surface area contributed by atoms with Crippen molar-refractivity contribution in [3.63, 3.8) is 0 Å². The van der Waals surface area contributed by atoms with Crippen LogP contribution in [-0.2, 0) is 18.3 Å². The molecule has 0 unspecified atom stereocenters. The minimum atomic E-state index is -0.881. The predicted molar refractivity (Wildman–Crippen MR) is 129 cm³/mol. The van der Waals surface area contributed by atoms with Gasteiger partial charge in [0, 0.05) is 54.6 Å². The predicted octanol–water partition coefficient (Wildman–Crippen LogP) is 4.49. The summed E-state index contributed by atoms with van der Waals surface area (Å²) in [4.78, 5) is 32.6. The molecule has 4 aromatic rings. The van der Waals surface area contributed by atoms with Crippen molar-refractivity contribution < 1.29 is 23.0 Å². The Kier molecular flexibility index (Phi) is 7.33. The summed E-state index contributed by atoms with van der Waals surface area (Å²) in [5.74, 6) is -1.63. The average Bonchev–Trinajstić information content (AvgIpc) is 2.84. The number of rotatable bonds is 8. The van der Waals surface area contributed by atoms with Crippen LogP contribution in [0, 0.1) is 11.6 Å². The molecule has 0 fully saturated rings. The van der Waals surface area contributed by atoms with Crippen LogP contribution in [0.1, 0.15) is 12.5 Å². The lowest BCUT2D eigenvalue weighted by molar-refractivity contribution is -0.115. The third-order valence-electron chi connectivity index (χ3n) is 5.14. The highest BCUT2D eigenvalue weighted by Crippen LogP contribution is 2.40. The molecule has 0 saturated heterocycles. The van der Waals surface area contributed by atoms with Gasteiger partial charge >= 0.3 is 0 Å². The maximum Gasteiger partial charge on any atom is 0.254 e. The zero-order chi connectivity index (χ0) is 25.7. The van der Waals surface area contributed by atoms with Crippen molar-refractivity contribution in [1.82, 2.24) is 14.5 Å². The number of aryl methyl sites for hydroxylation is 1. The van der Waals surface area contributed by atoms with E-state index in [1.807, 2.05) is 0 Å². The Balaban J connectivity index is 1.76. The Morgan fingerprint density at radius 1 is 1.00 bits per heavy atom. The summed E-state index contributed by atoms with van der Waals surface area (Å²) in [5.41, 5.74) is 1.67. The van der Waals surface area contributed by atoms with Crippen LogP contribution >= 0.6 is 0 Å². The van der Waals surface area contributed by atoms with Gasteiger partial charge in [0.15, 0.2) is 11.6 Å². The number of anilines is 1. The van der Waals surface area contributed by atoms with Crippen LogP contribution in [0.15, 0.2) is 72.2 Å². The standard InChI is InChI=1S/C26H22F2N4O4/c1-3-35-24-11-26(34)32(2)14-20(24)19-10-18(31-25(33)8-16-12-29-15-30-13-16)5-7-22(19)36-23-6-4-17(27)9-21(23)28/h4-7,9-15H,3,8H2,1-2H3,(H,31,33). The Morgan fingerprint density at radius 3 is 2.47 bits per heavy atom. The number of benzene rings is 2. The van der Waals surface area contributed by atoms with Crippen molar-refractivity contribution in [1.29, 1.82) is 0 Å². The molecule has 1 N–H and O–H groups in total. The summed E-state index contributed by atoms with van der Waals surface area (Å²) in [6.45, 7) is 2.06. The number of carbonyl (C=O) groups is 1. The van der Waals surface area contributed by atoms with Gasteiger partial charge in [-0.1, -0.05) is 0 Å². The first-order chi connectivity index (χ1) is 17.3. The van der Waals surface area contributed by atoms with Crippen LogP contribution in [0.2, 0.25) is 0 Å². The number of amides is 1. The van der Waals surface area contributed by atoms with E-state index in [1.54, 1.807) is 50.8 Å². The van der Waals surface area contributed by atoms with Crippen LogP contribution in [0.5, 0.6) is 17.2 Å². The first kappa shape index (κ1) is 24.5. The van der Waals surface area contributed by atoms with Crippen molar-refractivity contribution in [3.05, 3.63) is 94.9 Å². The van der Waals surface area contributed by atoms with Gasteiger partial charge in [-0.05, 0) is 42.8 Å². The number of hydrogen-bond acceptors (Lipinski definition) is 6. The fourth-order valence-electron chi connectivity index (χ4n) is 3.49. The lowest BCUT2D eigenvalue weighted by Crippen LogP contribution is -2.16. The molecule has 0 radical (unpaired) electrons. The summed E-state index contributed by atoms with van der Waals surface area (Å²) < 4.78 is 40.6. The number of pyridine rings is 1. The van der Waals surface area contributed by atoms with Crippen molar-refractivity contribution in [3.8, 4) is 28.4 Å². The third-order valence-corrected chi connectivity index (χ3v) is 5.14. The van der Waals surface area contributed by atoms with Gasteiger partial charge in [-0.2, -0.15) is 0 Å². The van der Waals surface area contributed by atoms with Crippen LogP contribution in [-0.4, -0.2) is 27.0 Å². The molecule has 4 rings (SSSR count). The Labute approximate surface area is 205 Å². The number of nitrogens with zero attached hydrogens (tertiary/aromatic N) is 3. The molecule has 2 heterocycles. The Morgan fingerprint density at radius 2 is 1.75 bits per heavy atom. The summed E-state index contributed by atoms with van der Waals surface area (Å²) in [7, 11) is 1.58. The van der Waals surface area contributed by atoms with Crippen molar-refractivity contribution in [2.75, 3.05) is 11.9 Å². The van der Waals surface area contributed by atoms with Gasteiger partial charge < -0.3 is 19.4 Å². The van der Waals surface area contributed by atoms with Gasteiger partial charge in [-0.3, -0.25) is 9.59 Å². The number of halogens is 2. The Hall–Kier alpha value is -4.60. The summed E-state index contributed by atoms with van der Waals surface area (Å²) in [6, 6.07) is 9.06. The molecule has 2 aromatic carbocycles. The molecule has 184 valence electrons. The molecular formula is C26H22F2N4O4. The van der Waals surface area contributed by atoms with E-state index in [2.05, 4.69) is 15.3 Å². The zero-order valence-corrected chi connectivity index (χ0v) is 19.5. The quantitative estimate of drug-likeness (QED) is 0.389. The lowest BCUT2D eigenvalue weighted by Gasteiger charge is -2.17. The van der Waals surface area contributed by atoms with Gasteiger partial charge in [0.1, 0.15) is 23.6 Å². The van der Waals surface area contributed by atoms with Crippen LogP contribution in [0.4, 0.5) is 14.5 Å². The number of ether oxygens (including phenoxy) is 2. The van der Waals surface area contributed by atoms with Gasteiger partial charge in [0.2, 0.25) is 5.91 Å². The largest absolute Gasteiger partial charge is 0.493 e. The third kappa shape index (κ3) is 5.72. The van der Waals surface area contributed by atoms with Crippen molar-refractivity contribution >= 4 is 11.6 Å². The second kappa shape index (κ2) is 10.8. The topological polar surface area (TPSA) is 95.3 Å². The number of carbonyl (C=O) groups excluding carboxylic acids is 1. The van der Waals surface area contributed by atoms with Gasteiger partial charge in [-0.15, -0.1) is 0 Å². The SMILES string of the molecule is CCOc1cc(=O)n(C)cc1-c1cc(NC(=O)Cc2cncnc2)ccc1Oc1ccc(F)cc1F. The molecule has 10 heteroatoms. The molecule has 0 aliphatic rings. The van der Waals surface area contributed by atoms with Crippen molar-refractivity contribution in [2.45, 2.75) is 13.3 Å². The van der Waals surface area contributed by atoms with Crippen LogP contribution in [0.25, 0.3) is 11.1 Å². The van der Waals surface area contributed by atoms with Crippen LogP contribution < -0.4 is 20.3 Å². The van der Waals surface area contributed by atoms with Crippen molar-refractivity contribution in [2.24, 2.45) is 7.05 Å². The van der Waals surface area contributed by atoms with Gasteiger partial charge in [0.05, 0.1) is 13.0 Å². The summed E-state index contributed by atoms with van der Waals surface area (Å²) in [6.07, 6.45) is 6.08. The van der Waals surface area contributed by atoms with E-state index < -0.39 is 11.6 Å². The average molecular weight is 492 g/mol. The number of nitrogens with one attached hydrogen (secondary N) is 1. The molecule has 0 spiro atoms. The fraction of sp³-hybridized carbons (Fsp3) is 0.154. The molecular weight excluding hydrogens is 470 g/mol. The summed E-state index contributed by atoms with van der Waals surface area (Å²) >= 11 is 0. The first-order valence-corrected chi connectivity index (χ1v) is 11.0. The van der Waals surface area contributed by atoms with Gasteiger partial charge in [0.25, 0.3) is 5.56 Å². The molecule has 0 bridgehead atoms. The molecule has 8 nitrogen and oxygen atoms in total. The fourth-order valence-corrected chi connectivity index (χ4v) is 3.49. The van der Waals surface area contributed by atoms with Gasteiger partial charge in [-0.25, -0.2) is 18.7 Å². The van der Waals surface area contributed by atoms with E-state index >= 15 is 0 Å². The van der Waals surface area contributed by atoms with E-state index in [9.17, 15) is 18.4 Å². The maximum atomic E-state index is 14.3. The molecule has 0 saturated carbocycles. The molecule has 2 aromatic heterocycles. The van der Waals surface area contributed by atoms with E-state index in [0.29, 0.717) is 29.0 Å². The smallest absolute Gasteiger partial charge is 0.254 e. The molecule has 0 aliphatic heterocycles. The Bertz CT molecular complexity index is 1460. The van der Waals surface area contributed by atoms with E-state index in [4.69, 9.17) is 9.47 Å². The highest BCUT2D eigenvalue weighted by atomic mass is 19.1. The minimum Gasteiger partial charge on any atom is -0.493 e. The van der Waals surface area contributed by atoms with Crippen LogP contribution in [0.3, 0.4) is 0 Å². The second-order valence-corrected chi connectivity index (χ2v) is 7.79. The number of aromatic nitrogens is 3. The molecule has 1 amide bonds. The normalized spacial score (nSPS) is 10.7. The molecule has 0 atom stereocenters. The van der Waals surface area contributed by atoms with E-state index in [0.717, 1.165) is 12.1 Å². The van der Waals surface area contributed by atoms with E-state index in [-0.39, 0.29) is 35.1 Å². The first-order valence-electron chi connectivity index (χ1n) is 11.0. The number of hydrogen-bond donors (Lipinski definition) is 1. The highest BCUT2D eigenvalue weighted by Gasteiger charge is 2.18. The monoisotopic (exact) mass is 492 g/mol. The summed E-state index contributed by atoms with van der Waals surface area (Å²) in [5, 5.41) is 2.80. The lowest BCUT2D eigenvalue weighted by atomic mass is 10.0. The second-order valence-electron chi connectivity index (χ2n) is 7.79. The van der Waals surface area contributed by atoms with E-state index in [1.165, 1.54) is 23.0 Å². The zero-order valence-electron chi connectivity index (χ0n) is 19.5. The minimum absolute atomic E-state index is 0.0548. The highest BCUT2D eigenvalue weighted by molar-refractivity contribution is 5.93. The molecule has 0 aliphatic carbocycles. The molecule has 36 heavy (non-hydrogen) atoms.